The largest absolute Gasteiger partial charge is 0.371 e. The normalized spacial score (nSPS) is 12.4. The molecule has 3 nitrogen and oxygen atoms in total. The fraction of sp³-hybridized carbons (Fsp3) is 0.417. The van der Waals surface area contributed by atoms with E-state index in [4.69, 9.17) is 0 Å². The van der Waals surface area contributed by atoms with E-state index in [9.17, 15) is 13.6 Å². The summed E-state index contributed by atoms with van der Waals surface area (Å²) in [5.74, 6) is -1.67. The number of nitrogens with one attached hydrogen (secondary N) is 2. The number of amides is 1. The van der Waals surface area contributed by atoms with Crippen molar-refractivity contribution in [2.24, 2.45) is 0 Å². The number of halogens is 3. The molecule has 0 aliphatic heterocycles. The van der Waals surface area contributed by atoms with Crippen molar-refractivity contribution in [3.63, 3.8) is 0 Å². The molecule has 100 valence electrons. The number of carbonyl (C=O) groups excluding carboxylic acids is 1. The molecular formula is C12H15BrF2N2O. The smallest absolute Gasteiger partial charge is 0.242 e. The third kappa shape index (κ3) is 3.94. The van der Waals surface area contributed by atoms with E-state index in [1.54, 1.807) is 6.92 Å². The van der Waals surface area contributed by atoms with Crippen LogP contribution in [0.1, 0.15) is 20.8 Å². The van der Waals surface area contributed by atoms with Gasteiger partial charge in [-0.15, -0.1) is 0 Å². The highest BCUT2D eigenvalue weighted by atomic mass is 79.9. The molecule has 0 aliphatic carbocycles. The standard InChI is InChI=1S/C12H15BrF2N2O/c1-6(2)16-12(18)7(3)17-11-9(13)4-8(14)5-10(11)15/h4-7,17H,1-3H3,(H,16,18). The van der Waals surface area contributed by atoms with Crippen molar-refractivity contribution in [3.05, 3.63) is 28.2 Å². The van der Waals surface area contributed by atoms with Crippen LogP contribution < -0.4 is 10.6 Å². The van der Waals surface area contributed by atoms with Crippen molar-refractivity contribution in [3.8, 4) is 0 Å². The van der Waals surface area contributed by atoms with Gasteiger partial charge < -0.3 is 10.6 Å². The molecule has 0 saturated carbocycles. The first-order valence-electron chi connectivity index (χ1n) is 5.52. The SMILES string of the molecule is CC(C)NC(=O)C(C)Nc1c(F)cc(F)cc1Br. The zero-order valence-corrected chi connectivity index (χ0v) is 11.9. The number of anilines is 1. The average Bonchev–Trinajstić information content (AvgIpc) is 2.21. The van der Waals surface area contributed by atoms with Gasteiger partial charge in [-0.2, -0.15) is 0 Å². The minimum absolute atomic E-state index is 0.00301. The Morgan fingerprint density at radius 2 is 1.89 bits per heavy atom. The molecule has 0 saturated heterocycles. The average molecular weight is 321 g/mol. The molecular weight excluding hydrogens is 306 g/mol. The van der Waals surface area contributed by atoms with Gasteiger partial charge in [-0.3, -0.25) is 4.79 Å². The van der Waals surface area contributed by atoms with Crippen LogP contribution in [0.3, 0.4) is 0 Å². The van der Waals surface area contributed by atoms with E-state index < -0.39 is 17.7 Å². The van der Waals surface area contributed by atoms with Gasteiger partial charge in [0, 0.05) is 16.6 Å². The van der Waals surface area contributed by atoms with E-state index in [1.807, 2.05) is 13.8 Å². The van der Waals surface area contributed by atoms with Gasteiger partial charge in [0.2, 0.25) is 5.91 Å². The molecule has 0 bridgehead atoms. The highest BCUT2D eigenvalue weighted by molar-refractivity contribution is 9.10. The van der Waals surface area contributed by atoms with Gasteiger partial charge in [0.25, 0.3) is 0 Å². The first kappa shape index (κ1) is 14.9. The summed E-state index contributed by atoms with van der Waals surface area (Å²) in [5, 5.41) is 5.41. The molecule has 0 aliphatic rings. The number of hydrogen-bond donors (Lipinski definition) is 2. The van der Waals surface area contributed by atoms with E-state index >= 15 is 0 Å². The summed E-state index contributed by atoms with van der Waals surface area (Å²) < 4.78 is 26.7. The van der Waals surface area contributed by atoms with Crippen LogP contribution in [0.5, 0.6) is 0 Å². The van der Waals surface area contributed by atoms with Gasteiger partial charge in [-0.05, 0) is 42.8 Å². The molecule has 1 rings (SSSR count). The van der Waals surface area contributed by atoms with Crippen molar-refractivity contribution < 1.29 is 13.6 Å². The lowest BCUT2D eigenvalue weighted by Gasteiger charge is -2.18. The summed E-state index contributed by atoms with van der Waals surface area (Å²) >= 11 is 3.05. The number of benzene rings is 1. The lowest BCUT2D eigenvalue weighted by Crippen LogP contribution is -2.41. The number of rotatable bonds is 4. The van der Waals surface area contributed by atoms with Crippen molar-refractivity contribution >= 4 is 27.5 Å². The van der Waals surface area contributed by atoms with Crippen LogP contribution >= 0.6 is 15.9 Å². The summed E-state index contributed by atoms with van der Waals surface area (Å²) in [6.07, 6.45) is 0. The fourth-order valence-corrected chi connectivity index (χ4v) is 1.89. The highest BCUT2D eigenvalue weighted by Crippen LogP contribution is 2.27. The molecule has 1 aromatic rings. The zero-order valence-electron chi connectivity index (χ0n) is 10.4. The maximum Gasteiger partial charge on any atom is 0.242 e. The molecule has 1 unspecified atom stereocenters. The van der Waals surface area contributed by atoms with Crippen LogP contribution in [0.15, 0.2) is 16.6 Å². The van der Waals surface area contributed by atoms with Gasteiger partial charge in [-0.25, -0.2) is 8.78 Å². The summed E-state index contributed by atoms with van der Waals surface area (Å²) in [6, 6.07) is 1.28. The van der Waals surface area contributed by atoms with Crippen molar-refractivity contribution in [2.75, 3.05) is 5.32 Å². The van der Waals surface area contributed by atoms with Crippen molar-refractivity contribution in [1.29, 1.82) is 0 Å². The van der Waals surface area contributed by atoms with E-state index in [0.29, 0.717) is 0 Å². The molecule has 18 heavy (non-hydrogen) atoms. The Bertz CT molecular complexity index is 429. The Balaban J connectivity index is 2.82. The number of hydrogen-bond acceptors (Lipinski definition) is 2. The molecule has 1 amide bonds. The summed E-state index contributed by atoms with van der Waals surface area (Å²) in [7, 11) is 0. The van der Waals surface area contributed by atoms with Crippen LogP contribution in [0.2, 0.25) is 0 Å². The van der Waals surface area contributed by atoms with Gasteiger partial charge in [-0.1, -0.05) is 0 Å². The van der Waals surface area contributed by atoms with Gasteiger partial charge in [0.05, 0.1) is 5.69 Å². The molecule has 0 radical (unpaired) electrons. The quantitative estimate of drug-likeness (QED) is 0.895. The molecule has 0 aromatic heterocycles. The zero-order chi connectivity index (χ0) is 13.9. The maximum atomic E-state index is 13.5. The highest BCUT2D eigenvalue weighted by Gasteiger charge is 2.17. The van der Waals surface area contributed by atoms with Gasteiger partial charge in [0.1, 0.15) is 17.7 Å². The molecule has 0 spiro atoms. The first-order valence-corrected chi connectivity index (χ1v) is 6.32. The topological polar surface area (TPSA) is 41.1 Å². The van der Waals surface area contributed by atoms with Crippen molar-refractivity contribution in [2.45, 2.75) is 32.9 Å². The van der Waals surface area contributed by atoms with Crippen LogP contribution in [0.4, 0.5) is 14.5 Å². The second kappa shape index (κ2) is 6.13. The predicted molar refractivity (Wildman–Crippen MR) is 70.4 cm³/mol. The number of carbonyl (C=O) groups is 1. The van der Waals surface area contributed by atoms with Gasteiger partial charge >= 0.3 is 0 Å². The second-order valence-corrected chi connectivity index (χ2v) is 5.13. The lowest BCUT2D eigenvalue weighted by atomic mass is 10.2. The summed E-state index contributed by atoms with van der Waals surface area (Å²) in [6.45, 7) is 5.27. The molecule has 6 heteroatoms. The van der Waals surface area contributed by atoms with E-state index in [-0.39, 0.29) is 22.1 Å². The predicted octanol–water partition coefficient (Wildman–Crippen LogP) is 3.05. The molecule has 0 heterocycles. The van der Waals surface area contributed by atoms with E-state index in [1.165, 1.54) is 0 Å². The first-order chi connectivity index (χ1) is 8.31. The van der Waals surface area contributed by atoms with Crippen LogP contribution in [-0.2, 0) is 4.79 Å². The molecule has 0 fully saturated rings. The van der Waals surface area contributed by atoms with E-state index in [0.717, 1.165) is 12.1 Å². The van der Waals surface area contributed by atoms with Crippen LogP contribution in [0, 0.1) is 11.6 Å². The van der Waals surface area contributed by atoms with Gasteiger partial charge in [0.15, 0.2) is 0 Å². The Kier molecular flexibility index (Phi) is 5.07. The van der Waals surface area contributed by atoms with Crippen LogP contribution in [-0.4, -0.2) is 18.0 Å². The van der Waals surface area contributed by atoms with E-state index in [2.05, 4.69) is 26.6 Å². The monoisotopic (exact) mass is 320 g/mol. The van der Waals surface area contributed by atoms with Crippen molar-refractivity contribution in [1.82, 2.24) is 5.32 Å². The maximum absolute atomic E-state index is 13.5. The minimum atomic E-state index is -0.744. The minimum Gasteiger partial charge on any atom is -0.371 e. The Morgan fingerprint density at radius 3 is 2.39 bits per heavy atom. The third-order valence-corrected chi connectivity index (χ3v) is 2.82. The molecule has 1 atom stereocenters. The Hall–Kier alpha value is -1.17. The fourth-order valence-electron chi connectivity index (χ4n) is 1.37. The summed E-state index contributed by atoms with van der Waals surface area (Å²) in [5.41, 5.74) is 0.0720. The lowest BCUT2D eigenvalue weighted by molar-refractivity contribution is -0.122. The molecule has 1 aromatic carbocycles. The Labute approximate surface area is 113 Å². The summed E-state index contributed by atoms with van der Waals surface area (Å²) in [4.78, 5) is 11.7. The molecule has 2 N–H and O–H groups in total. The Morgan fingerprint density at radius 1 is 1.28 bits per heavy atom. The third-order valence-electron chi connectivity index (χ3n) is 2.19. The second-order valence-electron chi connectivity index (χ2n) is 4.27. The van der Waals surface area contributed by atoms with Crippen LogP contribution in [0.25, 0.3) is 0 Å².